The van der Waals surface area contributed by atoms with Crippen molar-refractivity contribution < 1.29 is 9.47 Å². The summed E-state index contributed by atoms with van der Waals surface area (Å²) >= 11 is 1.61. The zero-order valence-corrected chi connectivity index (χ0v) is 15.1. The van der Waals surface area contributed by atoms with Gasteiger partial charge in [0, 0.05) is 30.8 Å². The maximum absolute atomic E-state index is 5.75. The van der Waals surface area contributed by atoms with E-state index in [0.29, 0.717) is 13.2 Å². The number of pyridine rings is 1. The van der Waals surface area contributed by atoms with Gasteiger partial charge in [0.05, 0.1) is 13.2 Å². The summed E-state index contributed by atoms with van der Waals surface area (Å²) in [6, 6.07) is 11.5. The van der Waals surface area contributed by atoms with Crippen LogP contribution >= 0.6 is 11.8 Å². The van der Waals surface area contributed by atoms with Crippen LogP contribution in [0.25, 0.3) is 11.4 Å². The van der Waals surface area contributed by atoms with E-state index in [4.69, 9.17) is 9.47 Å². The molecule has 0 N–H and O–H groups in total. The monoisotopic (exact) mass is 356 g/mol. The summed E-state index contributed by atoms with van der Waals surface area (Å²) < 4.78 is 13.1. The molecule has 0 amide bonds. The first-order chi connectivity index (χ1) is 12.3. The van der Waals surface area contributed by atoms with Crippen LogP contribution in [0, 0.1) is 0 Å². The number of nitrogens with zero attached hydrogens (tertiary/aromatic N) is 4. The second-order valence-electron chi connectivity index (χ2n) is 5.21. The molecule has 0 aliphatic rings. The van der Waals surface area contributed by atoms with Crippen molar-refractivity contribution in [1.29, 1.82) is 0 Å². The molecule has 1 aromatic carbocycles. The van der Waals surface area contributed by atoms with Crippen molar-refractivity contribution in [2.24, 2.45) is 7.05 Å². The second-order valence-corrected chi connectivity index (χ2v) is 6.27. The molecule has 0 saturated carbocycles. The molecule has 0 bridgehead atoms. The molecule has 0 saturated heterocycles. The fourth-order valence-corrected chi connectivity index (χ4v) is 3.01. The Kier molecular flexibility index (Phi) is 5.90. The van der Waals surface area contributed by atoms with Crippen LogP contribution in [0.4, 0.5) is 0 Å². The van der Waals surface area contributed by atoms with Gasteiger partial charge in [0.1, 0.15) is 11.5 Å². The Morgan fingerprint density at radius 2 is 1.80 bits per heavy atom. The number of benzene rings is 1. The van der Waals surface area contributed by atoms with Gasteiger partial charge in [-0.15, -0.1) is 10.2 Å². The molecule has 0 fully saturated rings. The molecule has 0 spiro atoms. The Hall–Kier alpha value is -2.54. The molecule has 0 aliphatic heterocycles. The summed E-state index contributed by atoms with van der Waals surface area (Å²) in [6.07, 6.45) is 3.53. The Balaban J connectivity index is 1.50. The molecule has 3 rings (SSSR count). The van der Waals surface area contributed by atoms with Gasteiger partial charge in [-0.1, -0.05) is 11.8 Å². The van der Waals surface area contributed by atoms with Gasteiger partial charge >= 0.3 is 0 Å². The lowest BCUT2D eigenvalue weighted by Crippen LogP contribution is -2.02. The van der Waals surface area contributed by atoms with Crippen molar-refractivity contribution in [3.8, 4) is 22.9 Å². The topological polar surface area (TPSA) is 62.1 Å². The summed E-state index contributed by atoms with van der Waals surface area (Å²) in [6.45, 7) is 3.22. The predicted molar refractivity (Wildman–Crippen MR) is 98.1 cm³/mol. The SMILES string of the molecule is CCOc1ccc(OCCSc2nnc(-c3cccnc3)n2C)cc1. The third-order valence-corrected chi connectivity index (χ3v) is 4.46. The van der Waals surface area contributed by atoms with Crippen LogP contribution in [0.2, 0.25) is 0 Å². The molecule has 0 unspecified atom stereocenters. The van der Waals surface area contributed by atoms with E-state index < -0.39 is 0 Å². The van der Waals surface area contributed by atoms with Crippen LogP contribution in [0.5, 0.6) is 11.5 Å². The lowest BCUT2D eigenvalue weighted by Gasteiger charge is -2.07. The molecular formula is C18H20N4O2S. The number of thioether (sulfide) groups is 1. The molecule has 2 aromatic heterocycles. The highest BCUT2D eigenvalue weighted by molar-refractivity contribution is 7.99. The van der Waals surface area contributed by atoms with Gasteiger partial charge in [0.2, 0.25) is 0 Å². The number of rotatable bonds is 8. The molecule has 6 nitrogen and oxygen atoms in total. The summed E-state index contributed by atoms with van der Waals surface area (Å²) in [5.41, 5.74) is 0.954. The second kappa shape index (κ2) is 8.53. The summed E-state index contributed by atoms with van der Waals surface area (Å²) in [7, 11) is 1.96. The zero-order valence-electron chi connectivity index (χ0n) is 14.3. The van der Waals surface area contributed by atoms with Gasteiger partial charge in [-0.2, -0.15) is 0 Å². The van der Waals surface area contributed by atoms with Crippen LogP contribution < -0.4 is 9.47 Å². The first-order valence-electron chi connectivity index (χ1n) is 8.06. The molecule has 0 radical (unpaired) electrons. The Morgan fingerprint density at radius 1 is 1.04 bits per heavy atom. The highest BCUT2D eigenvalue weighted by atomic mass is 32.2. The summed E-state index contributed by atoms with van der Waals surface area (Å²) in [4.78, 5) is 4.12. The van der Waals surface area contributed by atoms with Crippen molar-refractivity contribution in [2.75, 3.05) is 19.0 Å². The number of aromatic nitrogens is 4. The van der Waals surface area contributed by atoms with Gasteiger partial charge in [0.15, 0.2) is 11.0 Å². The Bertz CT molecular complexity index is 791. The van der Waals surface area contributed by atoms with Crippen LogP contribution in [0.3, 0.4) is 0 Å². The minimum atomic E-state index is 0.591. The first kappa shape index (κ1) is 17.3. The third kappa shape index (κ3) is 4.51. The quantitative estimate of drug-likeness (QED) is 0.455. The van der Waals surface area contributed by atoms with E-state index in [1.807, 2.05) is 54.9 Å². The largest absolute Gasteiger partial charge is 0.494 e. The average Bonchev–Trinajstić information content (AvgIpc) is 3.02. The average molecular weight is 356 g/mol. The first-order valence-corrected chi connectivity index (χ1v) is 9.04. The minimum Gasteiger partial charge on any atom is -0.494 e. The normalized spacial score (nSPS) is 10.6. The van der Waals surface area contributed by atoms with E-state index in [0.717, 1.165) is 33.8 Å². The smallest absolute Gasteiger partial charge is 0.191 e. The van der Waals surface area contributed by atoms with Gasteiger partial charge in [-0.05, 0) is 43.3 Å². The maximum Gasteiger partial charge on any atom is 0.191 e. The number of hydrogen-bond donors (Lipinski definition) is 0. The van der Waals surface area contributed by atoms with Crippen LogP contribution in [-0.2, 0) is 7.05 Å². The summed E-state index contributed by atoms with van der Waals surface area (Å²) in [5.74, 6) is 3.28. The van der Waals surface area contributed by atoms with Crippen molar-refractivity contribution in [2.45, 2.75) is 12.1 Å². The van der Waals surface area contributed by atoms with E-state index in [1.54, 1.807) is 24.2 Å². The van der Waals surface area contributed by atoms with E-state index in [1.165, 1.54) is 0 Å². The fourth-order valence-electron chi connectivity index (χ4n) is 2.28. The molecule has 130 valence electrons. The van der Waals surface area contributed by atoms with Crippen molar-refractivity contribution in [3.05, 3.63) is 48.8 Å². The predicted octanol–water partition coefficient (Wildman–Crippen LogP) is 3.45. The molecule has 7 heteroatoms. The van der Waals surface area contributed by atoms with Gasteiger partial charge < -0.3 is 14.0 Å². The lowest BCUT2D eigenvalue weighted by molar-refractivity contribution is 0.332. The van der Waals surface area contributed by atoms with Crippen molar-refractivity contribution in [3.63, 3.8) is 0 Å². The maximum atomic E-state index is 5.75. The van der Waals surface area contributed by atoms with Gasteiger partial charge in [0.25, 0.3) is 0 Å². The fraction of sp³-hybridized carbons (Fsp3) is 0.278. The van der Waals surface area contributed by atoms with Crippen LogP contribution in [0.15, 0.2) is 53.9 Å². The molecular weight excluding hydrogens is 336 g/mol. The summed E-state index contributed by atoms with van der Waals surface area (Å²) in [5, 5.41) is 9.35. The molecule has 0 atom stereocenters. The standard InChI is InChI=1S/C18H20N4O2S/c1-3-23-15-6-8-16(9-7-15)24-11-12-25-18-21-20-17(22(18)2)14-5-4-10-19-13-14/h4-10,13H,3,11-12H2,1-2H3. The van der Waals surface area contributed by atoms with Crippen molar-refractivity contribution >= 4 is 11.8 Å². The third-order valence-electron chi connectivity index (χ3n) is 3.47. The van der Waals surface area contributed by atoms with E-state index >= 15 is 0 Å². The van der Waals surface area contributed by atoms with Gasteiger partial charge in [-0.25, -0.2) is 0 Å². The van der Waals surface area contributed by atoms with Crippen LogP contribution in [-0.4, -0.2) is 38.7 Å². The van der Waals surface area contributed by atoms with E-state index in [9.17, 15) is 0 Å². The van der Waals surface area contributed by atoms with Crippen LogP contribution in [0.1, 0.15) is 6.92 Å². The zero-order chi connectivity index (χ0) is 17.5. The minimum absolute atomic E-state index is 0.591. The number of ether oxygens (including phenoxy) is 2. The molecule has 25 heavy (non-hydrogen) atoms. The van der Waals surface area contributed by atoms with Crippen molar-refractivity contribution in [1.82, 2.24) is 19.7 Å². The number of hydrogen-bond acceptors (Lipinski definition) is 6. The Morgan fingerprint density at radius 3 is 2.48 bits per heavy atom. The highest BCUT2D eigenvalue weighted by Gasteiger charge is 2.11. The van der Waals surface area contributed by atoms with Gasteiger partial charge in [-0.3, -0.25) is 4.98 Å². The van der Waals surface area contributed by atoms with E-state index in [-0.39, 0.29) is 0 Å². The molecule has 0 aliphatic carbocycles. The van der Waals surface area contributed by atoms with E-state index in [2.05, 4.69) is 15.2 Å². The Labute approximate surface area is 151 Å². The molecule has 3 aromatic rings. The molecule has 2 heterocycles. The lowest BCUT2D eigenvalue weighted by atomic mass is 10.3. The highest BCUT2D eigenvalue weighted by Crippen LogP contribution is 2.22.